The van der Waals surface area contributed by atoms with Crippen LogP contribution in [-0.2, 0) is 11.3 Å². The van der Waals surface area contributed by atoms with Gasteiger partial charge in [-0.3, -0.25) is 4.79 Å². The zero-order valence-electron chi connectivity index (χ0n) is 19.1. The molecule has 1 unspecified atom stereocenters. The zero-order valence-corrected chi connectivity index (χ0v) is 19.1. The van der Waals surface area contributed by atoms with Gasteiger partial charge in [-0.25, -0.2) is 0 Å². The molecule has 2 heterocycles. The van der Waals surface area contributed by atoms with Crippen molar-refractivity contribution in [2.24, 2.45) is 0 Å². The molecule has 3 aromatic rings. The van der Waals surface area contributed by atoms with E-state index in [1.54, 1.807) is 13.8 Å². The van der Waals surface area contributed by atoms with Gasteiger partial charge in [0.1, 0.15) is 5.75 Å². The lowest BCUT2D eigenvalue weighted by Gasteiger charge is -2.16. The second kappa shape index (κ2) is 9.62. The van der Waals surface area contributed by atoms with E-state index in [-0.39, 0.29) is 18.3 Å². The molecule has 0 saturated carbocycles. The Balaban J connectivity index is 1.53. The number of carboxylic acid groups (broad SMARTS) is 1. The van der Waals surface area contributed by atoms with Crippen LogP contribution >= 0.6 is 0 Å². The molecule has 0 radical (unpaired) electrons. The number of benzene rings is 2. The van der Waals surface area contributed by atoms with Crippen molar-refractivity contribution in [3.63, 3.8) is 0 Å². The van der Waals surface area contributed by atoms with E-state index in [4.69, 9.17) is 9.84 Å². The van der Waals surface area contributed by atoms with E-state index in [0.29, 0.717) is 30.3 Å². The molecule has 1 aliphatic heterocycles. The Morgan fingerprint density at radius 3 is 2.62 bits per heavy atom. The first kappa shape index (κ1) is 23.4. The Bertz CT molecular complexity index is 1210. The second-order valence-electron chi connectivity index (χ2n) is 8.23. The molecule has 4 rings (SSSR count). The molecule has 1 atom stereocenters. The van der Waals surface area contributed by atoms with Crippen LogP contribution in [0.25, 0.3) is 11.1 Å². The third-order valence-electron chi connectivity index (χ3n) is 5.96. The smallest absolute Gasteiger partial charge is 0.389 e. The number of carboxylic acids is 1. The lowest BCUT2D eigenvalue weighted by molar-refractivity contribution is -0.137. The number of aryl methyl sites for hydroxylation is 2. The summed E-state index contributed by atoms with van der Waals surface area (Å²) in [6.45, 7) is 3.42. The van der Waals surface area contributed by atoms with Gasteiger partial charge >= 0.3 is 18.6 Å². The minimum absolute atomic E-state index is 0.0452. The predicted molar refractivity (Wildman–Crippen MR) is 123 cm³/mol. The first-order valence-corrected chi connectivity index (χ1v) is 10.8. The van der Waals surface area contributed by atoms with E-state index < -0.39 is 12.6 Å². The third-order valence-corrected chi connectivity index (χ3v) is 5.96. The van der Waals surface area contributed by atoms with Crippen molar-refractivity contribution in [2.75, 3.05) is 11.9 Å². The van der Waals surface area contributed by atoms with Crippen LogP contribution in [0.4, 0.5) is 14.5 Å². The highest BCUT2D eigenvalue weighted by Crippen LogP contribution is 2.38. The minimum atomic E-state index is -2.98. The highest BCUT2D eigenvalue weighted by atomic mass is 19.3. The van der Waals surface area contributed by atoms with Crippen molar-refractivity contribution in [1.29, 1.82) is 0 Å². The number of nitrogens with one attached hydrogen (secondary N) is 1. The molecule has 178 valence electrons. The summed E-state index contributed by atoms with van der Waals surface area (Å²) in [6.07, 6.45) is 0.0452. The number of hydrogen-bond acceptors (Lipinski definition) is 6. The third kappa shape index (κ3) is 4.93. The summed E-state index contributed by atoms with van der Waals surface area (Å²) in [5.74, 6) is -0.269. The maximum Gasteiger partial charge on any atom is 0.389 e. The molecule has 2 N–H and O–H groups in total. The van der Waals surface area contributed by atoms with Crippen molar-refractivity contribution in [2.45, 2.75) is 46.3 Å². The molecule has 1 aromatic heterocycles. The summed E-state index contributed by atoms with van der Waals surface area (Å²) in [5.41, 5.74) is 6.68. The molecule has 0 bridgehead atoms. The van der Waals surface area contributed by atoms with Crippen molar-refractivity contribution in [3.8, 4) is 22.9 Å². The maximum atomic E-state index is 12.6. The normalized spacial score (nSPS) is 14.6. The topological polar surface area (TPSA) is 93.6 Å². The van der Waals surface area contributed by atoms with Crippen LogP contribution in [0.2, 0.25) is 0 Å². The number of carbonyl (C=O) groups is 1. The maximum absolute atomic E-state index is 12.6. The summed E-state index contributed by atoms with van der Waals surface area (Å²) in [7, 11) is 0. The average Bonchev–Trinajstić information content (AvgIpc) is 3.14. The first-order chi connectivity index (χ1) is 16.2. The molecule has 0 aliphatic carbocycles. The Morgan fingerprint density at radius 2 is 1.94 bits per heavy atom. The van der Waals surface area contributed by atoms with Crippen LogP contribution in [0.3, 0.4) is 0 Å². The molecule has 0 fully saturated rings. The van der Waals surface area contributed by atoms with Gasteiger partial charge in [-0.15, -0.1) is 0 Å². The van der Waals surface area contributed by atoms with Crippen LogP contribution in [0.5, 0.6) is 11.8 Å². The van der Waals surface area contributed by atoms with E-state index in [9.17, 15) is 13.6 Å². The van der Waals surface area contributed by atoms with Gasteiger partial charge < -0.3 is 19.9 Å². The first-order valence-electron chi connectivity index (χ1n) is 10.8. The average molecular weight is 469 g/mol. The second-order valence-corrected chi connectivity index (χ2v) is 8.23. The lowest BCUT2D eigenvalue weighted by atomic mass is 9.94. The van der Waals surface area contributed by atoms with Gasteiger partial charge in [0.05, 0.1) is 24.4 Å². The zero-order chi connectivity index (χ0) is 24.4. The van der Waals surface area contributed by atoms with Gasteiger partial charge in [0.25, 0.3) is 0 Å². The number of anilines is 1. The molecular formula is C25H25F2N3O4. The summed E-state index contributed by atoms with van der Waals surface area (Å²) in [5, 5.41) is 12.5. The highest BCUT2D eigenvalue weighted by Gasteiger charge is 2.26. The van der Waals surface area contributed by atoms with E-state index >= 15 is 0 Å². The number of halogens is 2. The summed E-state index contributed by atoms with van der Waals surface area (Å²) < 4.78 is 35.2. The summed E-state index contributed by atoms with van der Waals surface area (Å²) >= 11 is 0. The Kier molecular flexibility index (Phi) is 6.63. The van der Waals surface area contributed by atoms with Crippen LogP contribution in [0, 0.1) is 20.8 Å². The highest BCUT2D eigenvalue weighted by molar-refractivity contribution is 5.73. The molecule has 9 heteroatoms. The molecule has 0 amide bonds. The fourth-order valence-electron chi connectivity index (χ4n) is 4.32. The number of alkyl halides is 2. The molecular weight excluding hydrogens is 444 g/mol. The molecule has 1 aliphatic rings. The summed E-state index contributed by atoms with van der Waals surface area (Å²) in [6, 6.07) is 11.3. The predicted octanol–water partition coefficient (Wildman–Crippen LogP) is 5.23. The van der Waals surface area contributed by atoms with Crippen molar-refractivity contribution in [1.82, 2.24) is 9.97 Å². The largest absolute Gasteiger partial charge is 0.493 e. The van der Waals surface area contributed by atoms with Gasteiger partial charge in [0.15, 0.2) is 0 Å². The SMILES string of the molecule is Cc1nc(OC(F)F)nc(C)c1-c1cccc(CNc2ccc3c(c2)OCC3CC(=O)O)c1C. The lowest BCUT2D eigenvalue weighted by Crippen LogP contribution is -2.09. The number of rotatable bonds is 8. The molecule has 2 aromatic carbocycles. The number of ether oxygens (including phenoxy) is 2. The van der Waals surface area contributed by atoms with E-state index in [1.165, 1.54) is 0 Å². The monoisotopic (exact) mass is 469 g/mol. The fraction of sp³-hybridized carbons (Fsp3) is 0.320. The molecule has 34 heavy (non-hydrogen) atoms. The van der Waals surface area contributed by atoms with Crippen LogP contribution in [0.1, 0.15) is 40.4 Å². The minimum Gasteiger partial charge on any atom is -0.493 e. The van der Waals surface area contributed by atoms with Crippen molar-refractivity contribution < 1.29 is 28.2 Å². The van der Waals surface area contributed by atoms with E-state index in [2.05, 4.69) is 20.0 Å². The van der Waals surface area contributed by atoms with Gasteiger partial charge in [-0.05, 0) is 43.5 Å². The number of fused-ring (bicyclic) bond motifs is 1. The number of nitrogens with zero attached hydrogens (tertiary/aromatic N) is 2. The van der Waals surface area contributed by atoms with E-state index in [0.717, 1.165) is 33.5 Å². The molecule has 7 nitrogen and oxygen atoms in total. The standard InChI is InChI=1S/C25H25F2N3O4/c1-13-16(11-28-18-7-8-20-17(9-22(31)32)12-33-21(20)10-18)5-4-6-19(13)23-14(2)29-25(30-15(23)3)34-24(26)27/h4-8,10,17,24,28H,9,11-12H2,1-3H3,(H,31,32). The van der Waals surface area contributed by atoms with Crippen LogP contribution in [-0.4, -0.2) is 34.3 Å². The van der Waals surface area contributed by atoms with Crippen molar-refractivity contribution >= 4 is 11.7 Å². The van der Waals surface area contributed by atoms with Crippen molar-refractivity contribution in [3.05, 3.63) is 64.5 Å². The quantitative estimate of drug-likeness (QED) is 0.466. The number of aliphatic carboxylic acids is 1. The van der Waals surface area contributed by atoms with Gasteiger partial charge in [-0.2, -0.15) is 18.7 Å². The Hall–Kier alpha value is -3.75. The number of aromatic nitrogens is 2. The van der Waals surface area contributed by atoms with Gasteiger partial charge in [-0.1, -0.05) is 24.3 Å². The summed E-state index contributed by atoms with van der Waals surface area (Å²) in [4.78, 5) is 19.2. The van der Waals surface area contributed by atoms with Crippen LogP contribution < -0.4 is 14.8 Å². The molecule has 0 saturated heterocycles. The fourth-order valence-corrected chi connectivity index (χ4v) is 4.32. The Labute approximate surface area is 195 Å². The molecule has 0 spiro atoms. The van der Waals surface area contributed by atoms with Gasteiger partial charge in [0, 0.05) is 35.3 Å². The van der Waals surface area contributed by atoms with Gasteiger partial charge in [0.2, 0.25) is 0 Å². The Morgan fingerprint density at radius 1 is 1.21 bits per heavy atom. The van der Waals surface area contributed by atoms with E-state index in [1.807, 2.05) is 43.3 Å². The number of hydrogen-bond donors (Lipinski definition) is 2. The van der Waals surface area contributed by atoms with Crippen LogP contribution in [0.15, 0.2) is 36.4 Å².